The molecular weight excluding hydrogens is 374 g/mol. The lowest BCUT2D eigenvalue weighted by atomic mass is 10.1. The fourth-order valence-corrected chi connectivity index (χ4v) is 3.45. The van der Waals surface area contributed by atoms with Crippen LogP contribution >= 0.6 is 0 Å². The van der Waals surface area contributed by atoms with Gasteiger partial charge in [-0.05, 0) is 42.3 Å². The summed E-state index contributed by atoms with van der Waals surface area (Å²) in [5.74, 6) is 2.50. The fourth-order valence-electron chi connectivity index (χ4n) is 3.45. The van der Waals surface area contributed by atoms with Crippen molar-refractivity contribution in [1.82, 2.24) is 4.90 Å². The van der Waals surface area contributed by atoms with E-state index in [0.29, 0.717) is 6.61 Å². The summed E-state index contributed by atoms with van der Waals surface area (Å²) < 4.78 is 17.1. The smallest absolute Gasteiger partial charge is 0.166 e. The van der Waals surface area contributed by atoms with Crippen LogP contribution in [0.5, 0.6) is 17.2 Å². The maximum atomic E-state index is 6.22. The molecule has 0 bridgehead atoms. The molecule has 0 radical (unpaired) electrons. The van der Waals surface area contributed by atoms with E-state index >= 15 is 0 Å². The standard InChI is InChI=1S/C26H31NO3/c1-4-27(17-16-21-12-8-14-24(18-21)28-2)19-23-13-9-15-25(29-3)26(23)30-20-22-10-6-5-7-11-22/h5-15,18H,4,16-17,19-20H2,1-3H3. The van der Waals surface area contributed by atoms with Gasteiger partial charge < -0.3 is 14.2 Å². The summed E-state index contributed by atoms with van der Waals surface area (Å²) in [6.07, 6.45) is 0.967. The van der Waals surface area contributed by atoms with E-state index in [1.165, 1.54) is 5.56 Å². The van der Waals surface area contributed by atoms with Gasteiger partial charge in [-0.1, -0.05) is 61.5 Å². The molecule has 0 aromatic heterocycles. The number of nitrogens with zero attached hydrogens (tertiary/aromatic N) is 1. The molecule has 0 N–H and O–H groups in total. The molecule has 0 fully saturated rings. The summed E-state index contributed by atoms with van der Waals surface area (Å²) in [7, 11) is 3.39. The molecule has 0 spiro atoms. The number of likely N-dealkylation sites (N-methyl/N-ethyl adjacent to an activating group) is 1. The number of para-hydroxylation sites is 1. The Morgan fingerprint density at radius 3 is 2.30 bits per heavy atom. The highest BCUT2D eigenvalue weighted by molar-refractivity contribution is 5.46. The molecule has 0 aliphatic carbocycles. The number of hydrogen-bond acceptors (Lipinski definition) is 4. The third-order valence-corrected chi connectivity index (χ3v) is 5.20. The molecule has 0 atom stereocenters. The Hall–Kier alpha value is -2.98. The third kappa shape index (κ3) is 6.01. The molecule has 3 aromatic rings. The van der Waals surface area contributed by atoms with Crippen LogP contribution in [0.25, 0.3) is 0 Å². The molecule has 0 aliphatic rings. The average molecular weight is 406 g/mol. The number of hydrogen-bond donors (Lipinski definition) is 0. The summed E-state index contributed by atoms with van der Waals surface area (Å²) in [6, 6.07) is 24.6. The molecule has 0 unspecified atom stereocenters. The van der Waals surface area contributed by atoms with E-state index in [2.05, 4.69) is 42.2 Å². The molecule has 30 heavy (non-hydrogen) atoms. The maximum absolute atomic E-state index is 6.22. The Bertz CT molecular complexity index is 911. The topological polar surface area (TPSA) is 30.9 Å². The molecule has 0 saturated carbocycles. The van der Waals surface area contributed by atoms with E-state index in [-0.39, 0.29) is 0 Å². The van der Waals surface area contributed by atoms with Crippen molar-refractivity contribution in [2.45, 2.75) is 26.5 Å². The van der Waals surface area contributed by atoms with Crippen LogP contribution in [0.4, 0.5) is 0 Å². The van der Waals surface area contributed by atoms with E-state index in [4.69, 9.17) is 14.2 Å². The van der Waals surface area contributed by atoms with Crippen molar-refractivity contribution in [3.8, 4) is 17.2 Å². The number of benzene rings is 3. The minimum absolute atomic E-state index is 0.518. The van der Waals surface area contributed by atoms with E-state index < -0.39 is 0 Å². The van der Waals surface area contributed by atoms with Crippen molar-refractivity contribution in [2.24, 2.45) is 0 Å². The van der Waals surface area contributed by atoms with Crippen molar-refractivity contribution < 1.29 is 14.2 Å². The van der Waals surface area contributed by atoms with Crippen LogP contribution in [0.1, 0.15) is 23.6 Å². The summed E-state index contributed by atoms with van der Waals surface area (Å²) >= 11 is 0. The van der Waals surface area contributed by atoms with E-state index in [0.717, 1.165) is 54.4 Å². The lowest BCUT2D eigenvalue weighted by molar-refractivity contribution is 0.256. The highest BCUT2D eigenvalue weighted by atomic mass is 16.5. The largest absolute Gasteiger partial charge is 0.497 e. The van der Waals surface area contributed by atoms with Gasteiger partial charge in [0.05, 0.1) is 14.2 Å². The zero-order valence-electron chi connectivity index (χ0n) is 18.1. The fraction of sp³-hybridized carbons (Fsp3) is 0.308. The number of rotatable bonds is 11. The Balaban J connectivity index is 1.69. The third-order valence-electron chi connectivity index (χ3n) is 5.20. The second-order valence-electron chi connectivity index (χ2n) is 7.19. The van der Waals surface area contributed by atoms with Gasteiger partial charge in [-0.3, -0.25) is 4.90 Å². The predicted octanol–water partition coefficient (Wildman–Crippen LogP) is 5.35. The average Bonchev–Trinajstić information content (AvgIpc) is 2.81. The summed E-state index contributed by atoms with van der Waals surface area (Å²) in [5, 5.41) is 0. The summed E-state index contributed by atoms with van der Waals surface area (Å²) in [4.78, 5) is 2.42. The van der Waals surface area contributed by atoms with Crippen molar-refractivity contribution in [2.75, 3.05) is 27.3 Å². The molecule has 158 valence electrons. The van der Waals surface area contributed by atoms with Gasteiger partial charge in [0.15, 0.2) is 11.5 Å². The van der Waals surface area contributed by atoms with Crippen LogP contribution < -0.4 is 14.2 Å². The van der Waals surface area contributed by atoms with Crippen LogP contribution in [-0.2, 0) is 19.6 Å². The van der Waals surface area contributed by atoms with Crippen LogP contribution in [0.3, 0.4) is 0 Å². The Morgan fingerprint density at radius 1 is 0.800 bits per heavy atom. The number of ether oxygens (including phenoxy) is 3. The quantitative estimate of drug-likeness (QED) is 0.430. The zero-order valence-corrected chi connectivity index (χ0v) is 18.1. The Morgan fingerprint density at radius 2 is 1.57 bits per heavy atom. The van der Waals surface area contributed by atoms with Crippen molar-refractivity contribution in [3.63, 3.8) is 0 Å². The van der Waals surface area contributed by atoms with E-state index in [1.54, 1.807) is 14.2 Å². The zero-order chi connectivity index (χ0) is 21.2. The monoisotopic (exact) mass is 405 g/mol. The molecule has 4 heteroatoms. The van der Waals surface area contributed by atoms with Crippen LogP contribution in [-0.4, -0.2) is 32.2 Å². The van der Waals surface area contributed by atoms with Gasteiger partial charge in [0, 0.05) is 18.7 Å². The van der Waals surface area contributed by atoms with Crippen LogP contribution in [0.2, 0.25) is 0 Å². The normalized spacial score (nSPS) is 10.8. The molecule has 0 heterocycles. The first kappa shape index (κ1) is 21.7. The van der Waals surface area contributed by atoms with Gasteiger partial charge in [-0.15, -0.1) is 0 Å². The first-order valence-electron chi connectivity index (χ1n) is 10.4. The van der Waals surface area contributed by atoms with Gasteiger partial charge in [-0.25, -0.2) is 0 Å². The van der Waals surface area contributed by atoms with Gasteiger partial charge in [-0.2, -0.15) is 0 Å². The molecule has 0 saturated heterocycles. The minimum atomic E-state index is 0.518. The molecule has 4 nitrogen and oxygen atoms in total. The Labute approximate surface area is 180 Å². The maximum Gasteiger partial charge on any atom is 0.166 e. The molecule has 0 amide bonds. The highest BCUT2D eigenvalue weighted by Gasteiger charge is 2.14. The molecule has 3 aromatic carbocycles. The molecular formula is C26H31NO3. The first-order valence-corrected chi connectivity index (χ1v) is 10.4. The van der Waals surface area contributed by atoms with Gasteiger partial charge >= 0.3 is 0 Å². The van der Waals surface area contributed by atoms with Crippen molar-refractivity contribution in [1.29, 1.82) is 0 Å². The summed E-state index contributed by atoms with van der Waals surface area (Å²) in [5.41, 5.74) is 3.55. The van der Waals surface area contributed by atoms with Gasteiger partial charge in [0.25, 0.3) is 0 Å². The predicted molar refractivity (Wildman–Crippen MR) is 121 cm³/mol. The van der Waals surface area contributed by atoms with Crippen LogP contribution in [0, 0.1) is 0 Å². The summed E-state index contributed by atoms with van der Waals surface area (Å²) in [6.45, 7) is 5.43. The lowest BCUT2D eigenvalue weighted by Crippen LogP contribution is -2.25. The first-order chi connectivity index (χ1) is 14.7. The lowest BCUT2D eigenvalue weighted by Gasteiger charge is -2.23. The van der Waals surface area contributed by atoms with E-state index in [1.807, 2.05) is 42.5 Å². The SMILES string of the molecule is CCN(CCc1cccc(OC)c1)Cc1cccc(OC)c1OCc1ccccc1. The van der Waals surface area contributed by atoms with E-state index in [9.17, 15) is 0 Å². The molecule has 3 rings (SSSR count). The second kappa shape index (κ2) is 11.3. The minimum Gasteiger partial charge on any atom is -0.497 e. The van der Waals surface area contributed by atoms with Gasteiger partial charge in [0.1, 0.15) is 12.4 Å². The highest BCUT2D eigenvalue weighted by Crippen LogP contribution is 2.32. The Kier molecular flexibility index (Phi) is 8.16. The number of methoxy groups -OCH3 is 2. The van der Waals surface area contributed by atoms with Gasteiger partial charge in [0.2, 0.25) is 0 Å². The van der Waals surface area contributed by atoms with Crippen molar-refractivity contribution >= 4 is 0 Å². The van der Waals surface area contributed by atoms with Crippen molar-refractivity contribution in [3.05, 3.63) is 89.5 Å². The second-order valence-corrected chi connectivity index (χ2v) is 7.19. The molecule has 0 aliphatic heterocycles. The van der Waals surface area contributed by atoms with Crippen LogP contribution in [0.15, 0.2) is 72.8 Å².